The summed E-state index contributed by atoms with van der Waals surface area (Å²) in [7, 11) is 0. The van der Waals surface area contributed by atoms with E-state index in [0.717, 1.165) is 64.2 Å². The lowest BCUT2D eigenvalue weighted by Crippen LogP contribution is -2.47. The van der Waals surface area contributed by atoms with Gasteiger partial charge in [0.15, 0.2) is 0 Å². The van der Waals surface area contributed by atoms with Crippen molar-refractivity contribution in [2.75, 3.05) is 0 Å². The maximum absolute atomic E-state index is 12.2. The van der Waals surface area contributed by atoms with E-state index in [2.05, 4.69) is 13.8 Å². The Morgan fingerprint density at radius 3 is 2.12 bits per heavy atom. The highest BCUT2D eigenvalue weighted by Crippen LogP contribution is 2.50. The van der Waals surface area contributed by atoms with Crippen LogP contribution in [0.1, 0.15) is 97.3 Å². The van der Waals surface area contributed by atoms with Crippen molar-refractivity contribution in [3.05, 3.63) is 0 Å². The number of aliphatic carboxylic acids is 2. The third kappa shape index (κ3) is 5.49. The fourth-order valence-corrected chi connectivity index (χ4v) is 4.52. The molecule has 1 aliphatic carbocycles. The van der Waals surface area contributed by atoms with Crippen LogP contribution in [0.15, 0.2) is 0 Å². The van der Waals surface area contributed by atoms with E-state index in [-0.39, 0.29) is 5.92 Å². The highest BCUT2D eigenvalue weighted by molar-refractivity contribution is 5.78. The molecule has 3 atom stereocenters. The molecule has 4 nitrogen and oxygen atoms in total. The molecule has 0 spiro atoms. The van der Waals surface area contributed by atoms with E-state index < -0.39 is 23.3 Å². The first-order valence-corrected chi connectivity index (χ1v) is 9.95. The minimum Gasteiger partial charge on any atom is -0.481 e. The molecule has 1 rings (SSSR count). The van der Waals surface area contributed by atoms with Crippen LogP contribution >= 0.6 is 0 Å². The van der Waals surface area contributed by atoms with Gasteiger partial charge in [0, 0.05) is 0 Å². The molecule has 1 aliphatic rings. The SMILES string of the molecule is CCCCCCC1C(C(=O)O)CCCC1(CCCCCC)C(=O)O. The van der Waals surface area contributed by atoms with Gasteiger partial charge in [-0.05, 0) is 31.6 Å². The summed E-state index contributed by atoms with van der Waals surface area (Å²) in [6.07, 6.45) is 11.9. The fraction of sp³-hybridized carbons (Fsp3) is 0.900. The van der Waals surface area contributed by atoms with Gasteiger partial charge in [0.25, 0.3) is 0 Å². The summed E-state index contributed by atoms with van der Waals surface area (Å²) in [6, 6.07) is 0. The zero-order chi connectivity index (χ0) is 18.0. The molecule has 0 aromatic rings. The topological polar surface area (TPSA) is 74.6 Å². The lowest BCUT2D eigenvalue weighted by Gasteiger charge is -2.44. The van der Waals surface area contributed by atoms with E-state index >= 15 is 0 Å². The van der Waals surface area contributed by atoms with E-state index in [1.165, 1.54) is 0 Å². The molecular weight excluding hydrogens is 304 g/mol. The van der Waals surface area contributed by atoms with Crippen molar-refractivity contribution < 1.29 is 19.8 Å². The summed E-state index contributed by atoms with van der Waals surface area (Å²) in [6.45, 7) is 4.29. The quantitative estimate of drug-likeness (QED) is 0.460. The Hall–Kier alpha value is -1.06. The lowest BCUT2D eigenvalue weighted by atomic mass is 9.58. The molecule has 1 fully saturated rings. The van der Waals surface area contributed by atoms with Crippen molar-refractivity contribution >= 4 is 11.9 Å². The molecule has 0 amide bonds. The van der Waals surface area contributed by atoms with Gasteiger partial charge < -0.3 is 10.2 Å². The molecule has 140 valence electrons. The fourth-order valence-electron chi connectivity index (χ4n) is 4.52. The first-order chi connectivity index (χ1) is 11.5. The summed E-state index contributed by atoms with van der Waals surface area (Å²) in [4.78, 5) is 24.0. The molecular formula is C20H36O4. The first kappa shape index (κ1) is 21.0. The van der Waals surface area contributed by atoms with E-state index in [9.17, 15) is 19.8 Å². The number of carbonyl (C=O) groups is 2. The maximum Gasteiger partial charge on any atom is 0.309 e. The predicted octanol–water partition coefficient (Wildman–Crippen LogP) is 5.50. The van der Waals surface area contributed by atoms with Crippen LogP contribution in [0, 0.1) is 17.3 Å². The van der Waals surface area contributed by atoms with Crippen molar-refractivity contribution in [3.8, 4) is 0 Å². The predicted molar refractivity (Wildman–Crippen MR) is 96.1 cm³/mol. The molecule has 0 aromatic heterocycles. The van der Waals surface area contributed by atoms with Gasteiger partial charge >= 0.3 is 11.9 Å². The number of carboxylic acid groups (broad SMARTS) is 2. The third-order valence-electron chi connectivity index (χ3n) is 5.92. The largest absolute Gasteiger partial charge is 0.481 e. The number of hydrogen-bond donors (Lipinski definition) is 2. The van der Waals surface area contributed by atoms with Crippen LogP contribution in [0.25, 0.3) is 0 Å². The molecule has 3 unspecified atom stereocenters. The molecule has 0 heterocycles. The second-order valence-electron chi connectivity index (χ2n) is 7.56. The van der Waals surface area contributed by atoms with Gasteiger partial charge in [0.2, 0.25) is 0 Å². The number of hydrogen-bond acceptors (Lipinski definition) is 2. The Morgan fingerprint density at radius 2 is 1.58 bits per heavy atom. The summed E-state index contributed by atoms with van der Waals surface area (Å²) < 4.78 is 0. The standard InChI is InChI=1S/C20H36O4/c1-3-5-7-9-13-17-16(18(21)22)12-11-15-20(17,19(23)24)14-10-8-6-4-2/h16-17H,3-15H2,1-2H3,(H,21,22)(H,23,24). The second kappa shape index (κ2) is 10.7. The van der Waals surface area contributed by atoms with Crippen molar-refractivity contribution in [1.82, 2.24) is 0 Å². The Morgan fingerprint density at radius 1 is 0.958 bits per heavy atom. The van der Waals surface area contributed by atoms with Gasteiger partial charge in [-0.1, -0.05) is 71.6 Å². The highest BCUT2D eigenvalue weighted by Gasteiger charge is 2.52. The zero-order valence-corrected chi connectivity index (χ0v) is 15.6. The van der Waals surface area contributed by atoms with Gasteiger partial charge in [0.1, 0.15) is 0 Å². The van der Waals surface area contributed by atoms with Gasteiger partial charge in [-0.15, -0.1) is 0 Å². The molecule has 0 radical (unpaired) electrons. The lowest BCUT2D eigenvalue weighted by molar-refractivity contribution is -0.164. The average Bonchev–Trinajstić information content (AvgIpc) is 2.55. The minimum absolute atomic E-state index is 0.209. The smallest absolute Gasteiger partial charge is 0.309 e. The van der Waals surface area contributed by atoms with Gasteiger partial charge in [-0.2, -0.15) is 0 Å². The highest BCUT2D eigenvalue weighted by atomic mass is 16.4. The second-order valence-corrected chi connectivity index (χ2v) is 7.56. The van der Waals surface area contributed by atoms with E-state index in [4.69, 9.17) is 0 Å². The zero-order valence-electron chi connectivity index (χ0n) is 15.6. The molecule has 24 heavy (non-hydrogen) atoms. The normalized spacial score (nSPS) is 27.1. The van der Waals surface area contributed by atoms with Gasteiger partial charge in [-0.3, -0.25) is 9.59 Å². The van der Waals surface area contributed by atoms with Gasteiger partial charge in [0.05, 0.1) is 11.3 Å². The molecule has 0 saturated heterocycles. The van der Waals surface area contributed by atoms with Crippen LogP contribution < -0.4 is 0 Å². The monoisotopic (exact) mass is 340 g/mol. The Labute approximate surface area is 147 Å². The van der Waals surface area contributed by atoms with Crippen LogP contribution in [0.3, 0.4) is 0 Å². The summed E-state index contributed by atoms with van der Waals surface area (Å²) in [5.41, 5.74) is -0.818. The summed E-state index contributed by atoms with van der Waals surface area (Å²) in [5.74, 6) is -2.25. The molecule has 0 aliphatic heterocycles. The average molecular weight is 341 g/mol. The molecule has 0 bridgehead atoms. The summed E-state index contributed by atoms with van der Waals surface area (Å²) >= 11 is 0. The molecule has 2 N–H and O–H groups in total. The Bertz CT molecular complexity index is 393. The molecule has 4 heteroatoms. The Balaban J connectivity index is 2.90. The van der Waals surface area contributed by atoms with Crippen molar-refractivity contribution in [3.63, 3.8) is 0 Å². The van der Waals surface area contributed by atoms with Crippen LogP contribution in [0.2, 0.25) is 0 Å². The number of carboxylic acids is 2. The minimum atomic E-state index is -0.818. The van der Waals surface area contributed by atoms with Crippen molar-refractivity contribution in [2.45, 2.75) is 97.3 Å². The molecule has 1 saturated carbocycles. The van der Waals surface area contributed by atoms with Crippen LogP contribution in [0.5, 0.6) is 0 Å². The first-order valence-electron chi connectivity index (χ1n) is 9.95. The van der Waals surface area contributed by atoms with Gasteiger partial charge in [-0.25, -0.2) is 0 Å². The van der Waals surface area contributed by atoms with Crippen LogP contribution in [0.4, 0.5) is 0 Å². The van der Waals surface area contributed by atoms with E-state index in [1.807, 2.05) is 0 Å². The molecule has 0 aromatic carbocycles. The van der Waals surface area contributed by atoms with Crippen LogP contribution in [-0.4, -0.2) is 22.2 Å². The number of rotatable bonds is 12. The third-order valence-corrected chi connectivity index (χ3v) is 5.92. The van der Waals surface area contributed by atoms with E-state index in [1.54, 1.807) is 0 Å². The van der Waals surface area contributed by atoms with Crippen molar-refractivity contribution in [1.29, 1.82) is 0 Å². The maximum atomic E-state index is 12.2. The Kier molecular flexibility index (Phi) is 9.38. The van der Waals surface area contributed by atoms with Crippen molar-refractivity contribution in [2.24, 2.45) is 17.3 Å². The number of unbranched alkanes of at least 4 members (excludes halogenated alkanes) is 6. The summed E-state index contributed by atoms with van der Waals surface area (Å²) in [5, 5.41) is 19.7. The van der Waals surface area contributed by atoms with E-state index in [0.29, 0.717) is 19.3 Å². The van der Waals surface area contributed by atoms with Crippen LogP contribution in [-0.2, 0) is 9.59 Å².